The van der Waals surface area contributed by atoms with Crippen LogP contribution < -0.4 is 16.0 Å². The smallest absolute Gasteiger partial charge is 0.133 e. The number of nitrogens with two attached hydrogens (primary N) is 1. The topological polar surface area (TPSA) is 53.6 Å². The van der Waals surface area contributed by atoms with Gasteiger partial charge in [-0.25, -0.2) is 4.99 Å². The summed E-state index contributed by atoms with van der Waals surface area (Å²) >= 11 is 0. The molecule has 260 valence electrons. The Morgan fingerprint density at radius 1 is 1.06 bits per heavy atom. The maximum atomic E-state index is 5.60. The van der Waals surface area contributed by atoms with Crippen molar-refractivity contribution in [2.75, 3.05) is 24.5 Å². The molecule has 0 bridgehead atoms. The van der Waals surface area contributed by atoms with E-state index in [1.807, 2.05) is 18.2 Å². The summed E-state index contributed by atoms with van der Waals surface area (Å²) in [5.74, 6) is 1.58. The minimum atomic E-state index is 0.220. The van der Waals surface area contributed by atoms with Crippen molar-refractivity contribution >= 4 is 11.5 Å². The minimum Gasteiger partial charge on any atom is -0.389 e. The third kappa shape index (κ3) is 13.1. The van der Waals surface area contributed by atoms with E-state index < -0.39 is 0 Å². The van der Waals surface area contributed by atoms with E-state index in [0.717, 1.165) is 37.5 Å². The number of hydrogen-bond donors (Lipinski definition) is 2. The number of benzene rings is 1. The zero-order chi connectivity index (χ0) is 34.5. The normalized spacial score (nSPS) is 20.7. The summed E-state index contributed by atoms with van der Waals surface area (Å²) in [6.45, 7) is 13.8. The highest BCUT2D eigenvalue weighted by Crippen LogP contribution is 2.58. The van der Waals surface area contributed by atoms with Crippen LogP contribution in [0, 0.1) is 5.92 Å². The number of rotatable bonds is 14. The van der Waals surface area contributed by atoms with Gasteiger partial charge in [-0.3, -0.25) is 0 Å². The molecule has 1 aromatic rings. The molecular weight excluding hydrogens is 585 g/mol. The molecule has 1 fully saturated rings. The lowest BCUT2D eigenvalue weighted by Crippen LogP contribution is -2.29. The number of anilines is 1. The Bertz CT molecular complexity index is 1380. The van der Waals surface area contributed by atoms with Crippen molar-refractivity contribution in [3.8, 4) is 0 Å². The van der Waals surface area contributed by atoms with Crippen LogP contribution in [0.25, 0.3) is 0 Å². The van der Waals surface area contributed by atoms with Crippen LogP contribution in [0.1, 0.15) is 117 Å². The third-order valence-electron chi connectivity index (χ3n) is 9.24. The minimum absolute atomic E-state index is 0.220. The maximum absolute atomic E-state index is 5.60. The Balaban J connectivity index is 0.000000269. The molecule has 5 rings (SSSR count). The molecule has 0 spiro atoms. The first-order chi connectivity index (χ1) is 23.5. The molecule has 48 heavy (non-hydrogen) atoms. The van der Waals surface area contributed by atoms with Gasteiger partial charge in [-0.05, 0) is 108 Å². The summed E-state index contributed by atoms with van der Waals surface area (Å²) in [5, 5.41) is 3.38. The van der Waals surface area contributed by atoms with Crippen molar-refractivity contribution < 1.29 is 0 Å². The second-order valence-corrected chi connectivity index (χ2v) is 13.5. The Hall–Kier alpha value is -3.59. The molecule has 4 heteroatoms. The second-order valence-electron chi connectivity index (χ2n) is 13.5. The summed E-state index contributed by atoms with van der Waals surface area (Å²) in [7, 11) is 0. The van der Waals surface area contributed by atoms with E-state index >= 15 is 0 Å². The largest absolute Gasteiger partial charge is 0.389 e. The fourth-order valence-corrected chi connectivity index (χ4v) is 6.35. The second kappa shape index (κ2) is 22.1. The van der Waals surface area contributed by atoms with Crippen molar-refractivity contribution in [3.63, 3.8) is 0 Å². The molecule has 2 aliphatic carbocycles. The number of unbranched alkanes of at least 4 members (excludes halogenated alkanes) is 3. The number of fused-ring (bicyclic) bond motifs is 1. The first-order valence-electron chi connectivity index (χ1n) is 18.8. The molecule has 0 amide bonds. The SMILES string of the molecule is CC1=CC2CC2(c2ccc(N(CC=CCCCN)C3=NC=C=CC=C3)cc2)C=C1.CCCC/C=C(/C)CCC.CCCC1=CCCCN1. The molecule has 0 saturated heterocycles. The van der Waals surface area contributed by atoms with E-state index in [-0.39, 0.29) is 5.41 Å². The van der Waals surface area contributed by atoms with Gasteiger partial charge in [0.15, 0.2) is 0 Å². The van der Waals surface area contributed by atoms with Crippen molar-refractivity contribution in [1.82, 2.24) is 5.32 Å². The number of aliphatic imine (C=N–C) groups is 1. The van der Waals surface area contributed by atoms with E-state index in [4.69, 9.17) is 5.73 Å². The zero-order valence-electron chi connectivity index (χ0n) is 30.8. The Morgan fingerprint density at radius 3 is 2.58 bits per heavy atom. The third-order valence-corrected chi connectivity index (χ3v) is 9.24. The zero-order valence-corrected chi connectivity index (χ0v) is 30.8. The molecule has 2 aliphatic heterocycles. The average molecular weight is 649 g/mol. The molecule has 4 aliphatic rings. The standard InChI is InChI=1S/C26H29N3.C10H20.C8H15N/c1-21-14-15-26(20-23(26)19-21)22-10-12-24(13-11-22)29(18-8-3-2-6-16-27)25-9-5-4-7-17-28-25;1-4-6-7-9-10(3)8-5-2;1-2-5-8-6-3-4-7-9-8/h3-5,8-15,17,19,23H,2,6,16,18,20,27H2,1H3;9H,4-8H2,1-3H3;6,9H,2-5,7H2,1H3/b;10-9-;. The van der Waals surface area contributed by atoms with Crippen LogP contribution in [-0.2, 0) is 5.41 Å². The first-order valence-corrected chi connectivity index (χ1v) is 18.8. The van der Waals surface area contributed by atoms with E-state index in [9.17, 15) is 0 Å². The summed E-state index contributed by atoms with van der Waals surface area (Å²) in [4.78, 5) is 6.81. The van der Waals surface area contributed by atoms with Gasteiger partial charge in [0, 0.05) is 29.9 Å². The predicted octanol–water partition coefficient (Wildman–Crippen LogP) is 11.2. The molecule has 1 saturated carbocycles. The molecule has 4 nitrogen and oxygen atoms in total. The maximum Gasteiger partial charge on any atom is 0.133 e. The first kappa shape index (κ1) is 38.9. The molecule has 2 atom stereocenters. The molecular formula is C44H64N4. The van der Waals surface area contributed by atoms with Crippen molar-refractivity contribution in [1.29, 1.82) is 0 Å². The van der Waals surface area contributed by atoms with Crippen LogP contribution in [0.3, 0.4) is 0 Å². The number of nitrogens with one attached hydrogen (secondary N) is 1. The molecule has 2 heterocycles. The molecule has 3 N–H and O–H groups in total. The van der Waals surface area contributed by atoms with Crippen LogP contribution in [0.4, 0.5) is 5.69 Å². The van der Waals surface area contributed by atoms with Gasteiger partial charge in [0.25, 0.3) is 0 Å². The van der Waals surface area contributed by atoms with Crippen LogP contribution in [0.2, 0.25) is 0 Å². The highest BCUT2D eigenvalue weighted by Gasteiger charge is 2.52. The fraction of sp³-hybridized carbons (Fsp3) is 0.500. The quantitative estimate of drug-likeness (QED) is 0.120. The van der Waals surface area contributed by atoms with Crippen molar-refractivity contribution in [2.24, 2.45) is 16.6 Å². The van der Waals surface area contributed by atoms with E-state index in [1.165, 1.54) is 87.6 Å². The molecule has 0 aromatic heterocycles. The summed E-state index contributed by atoms with van der Waals surface area (Å²) < 4.78 is 0. The van der Waals surface area contributed by atoms with Gasteiger partial charge in [-0.15, -0.1) is 5.73 Å². The van der Waals surface area contributed by atoms with Crippen molar-refractivity contribution in [3.05, 3.63) is 119 Å². The number of allylic oxidation sites excluding steroid dienone is 11. The Morgan fingerprint density at radius 2 is 1.90 bits per heavy atom. The number of nitrogens with zero attached hydrogens (tertiary/aromatic N) is 2. The monoisotopic (exact) mass is 649 g/mol. The van der Waals surface area contributed by atoms with Gasteiger partial charge < -0.3 is 16.0 Å². The lowest BCUT2D eigenvalue weighted by Gasteiger charge is -2.24. The van der Waals surface area contributed by atoms with Gasteiger partial charge in [0.05, 0.1) is 6.20 Å². The highest BCUT2D eigenvalue weighted by molar-refractivity contribution is 6.06. The summed E-state index contributed by atoms with van der Waals surface area (Å²) in [5.41, 5.74) is 15.8. The van der Waals surface area contributed by atoms with Crippen LogP contribution in [-0.4, -0.2) is 25.5 Å². The van der Waals surface area contributed by atoms with Gasteiger partial charge in [-0.1, -0.05) is 118 Å². The van der Waals surface area contributed by atoms with Gasteiger partial charge in [0.2, 0.25) is 0 Å². The Kier molecular flexibility index (Phi) is 17.9. The summed E-state index contributed by atoms with van der Waals surface area (Å²) in [6, 6.07) is 9.03. The van der Waals surface area contributed by atoms with Crippen molar-refractivity contribution in [2.45, 2.75) is 117 Å². The molecule has 0 radical (unpaired) electrons. The van der Waals surface area contributed by atoms with E-state index in [0.29, 0.717) is 5.92 Å². The van der Waals surface area contributed by atoms with E-state index in [1.54, 1.807) is 11.8 Å². The summed E-state index contributed by atoms with van der Waals surface area (Å²) in [6.07, 6.45) is 38.7. The lowest BCUT2D eigenvalue weighted by atomic mass is 9.89. The average Bonchev–Trinajstić information content (AvgIpc) is 3.89. The van der Waals surface area contributed by atoms with Crippen LogP contribution in [0.5, 0.6) is 0 Å². The predicted molar refractivity (Wildman–Crippen MR) is 212 cm³/mol. The highest BCUT2D eigenvalue weighted by atomic mass is 15.2. The van der Waals surface area contributed by atoms with Gasteiger partial charge in [0.1, 0.15) is 5.84 Å². The lowest BCUT2D eigenvalue weighted by molar-refractivity contribution is 0.652. The Labute approximate surface area is 293 Å². The molecule has 2 unspecified atom stereocenters. The van der Waals surface area contributed by atoms with Crippen LogP contribution >= 0.6 is 0 Å². The van der Waals surface area contributed by atoms with Gasteiger partial charge in [-0.2, -0.15) is 0 Å². The fourth-order valence-electron chi connectivity index (χ4n) is 6.35. The van der Waals surface area contributed by atoms with Crippen LogP contribution in [0.15, 0.2) is 119 Å². The molecule has 1 aromatic carbocycles. The number of amidine groups is 1. The number of hydrogen-bond acceptors (Lipinski definition) is 4. The van der Waals surface area contributed by atoms with Gasteiger partial charge >= 0.3 is 0 Å². The van der Waals surface area contributed by atoms with E-state index in [2.05, 4.69) is 122 Å².